The van der Waals surface area contributed by atoms with E-state index in [1.165, 1.54) is 11.8 Å². The van der Waals surface area contributed by atoms with Crippen LogP contribution in [0.4, 0.5) is 30.6 Å². The topological polar surface area (TPSA) is 77.5 Å². The van der Waals surface area contributed by atoms with E-state index in [0.717, 1.165) is 61.4 Å². The van der Waals surface area contributed by atoms with E-state index in [-0.39, 0.29) is 17.5 Å². The van der Waals surface area contributed by atoms with Crippen LogP contribution in [0.3, 0.4) is 0 Å². The molecule has 7 rings (SSSR count). The summed E-state index contributed by atoms with van der Waals surface area (Å²) in [7, 11) is 3.87. The maximum atomic E-state index is 14.0. The molecule has 3 fully saturated rings. The second-order valence-corrected chi connectivity index (χ2v) is 13.2. The van der Waals surface area contributed by atoms with Gasteiger partial charge < -0.3 is 15.1 Å². The fourth-order valence-electron chi connectivity index (χ4n) is 5.82. The minimum absolute atomic E-state index is 0.0704. The zero-order valence-electron chi connectivity index (χ0n) is 22.0. The van der Waals surface area contributed by atoms with Crippen LogP contribution in [0.2, 0.25) is 0 Å². The Morgan fingerprint density at radius 2 is 1.93 bits per heavy atom. The summed E-state index contributed by atoms with van der Waals surface area (Å²) in [6.07, 6.45) is -0.618. The number of hydrogen-bond acceptors (Lipinski definition) is 9. The van der Waals surface area contributed by atoms with Gasteiger partial charge in [-0.2, -0.15) is 13.2 Å². The molecule has 0 unspecified atom stereocenters. The smallest absolute Gasteiger partial charge is 0.351 e. The fourth-order valence-corrected chi connectivity index (χ4v) is 8.25. The van der Waals surface area contributed by atoms with Crippen molar-refractivity contribution in [3.05, 3.63) is 40.5 Å². The molecule has 13 heteroatoms. The maximum absolute atomic E-state index is 14.0. The fraction of sp³-hybridized carbons (Fsp3) is 0.481. The lowest BCUT2D eigenvalue weighted by Gasteiger charge is -2.33. The van der Waals surface area contributed by atoms with Gasteiger partial charge >= 0.3 is 6.18 Å². The number of aromatic nitrogens is 3. The molecule has 3 aliphatic heterocycles. The quantitative estimate of drug-likeness (QED) is 0.431. The van der Waals surface area contributed by atoms with Crippen LogP contribution in [0.5, 0.6) is 0 Å². The van der Waals surface area contributed by atoms with Crippen molar-refractivity contribution in [1.82, 2.24) is 24.8 Å². The van der Waals surface area contributed by atoms with Crippen molar-refractivity contribution in [3.8, 4) is 10.6 Å². The predicted molar refractivity (Wildman–Crippen MR) is 150 cm³/mol. The Labute approximate surface area is 238 Å². The molecule has 3 aromatic rings. The summed E-state index contributed by atoms with van der Waals surface area (Å²) in [5.41, 5.74) is 0.471. The number of likely N-dealkylation sites (N-methyl/N-ethyl adjacent to an activating group) is 1. The molecule has 2 saturated heterocycles. The van der Waals surface area contributed by atoms with Crippen LogP contribution in [-0.4, -0.2) is 82.2 Å². The van der Waals surface area contributed by atoms with Gasteiger partial charge in [0.1, 0.15) is 16.3 Å². The SMILES string of the molecule is CN1CCSc2cc(-c3nc(Nc4ccc(N5C[C@H]6C[C@@H]5CN6C)nc4C4CC4)ncc3C(F)(F)F)sc2C1=O. The zero-order chi connectivity index (χ0) is 27.8. The highest BCUT2D eigenvalue weighted by atomic mass is 32.2. The van der Waals surface area contributed by atoms with Crippen molar-refractivity contribution < 1.29 is 18.0 Å². The van der Waals surface area contributed by atoms with Crippen molar-refractivity contribution in [2.24, 2.45) is 0 Å². The number of thiophene rings is 1. The average Bonchev–Trinajstić information content (AvgIpc) is 3.43. The largest absolute Gasteiger partial charge is 0.420 e. The molecule has 2 bridgehead atoms. The molecule has 1 amide bonds. The molecule has 8 nitrogen and oxygen atoms in total. The van der Waals surface area contributed by atoms with E-state index in [1.807, 2.05) is 12.1 Å². The van der Waals surface area contributed by atoms with Gasteiger partial charge in [-0.15, -0.1) is 23.1 Å². The first-order chi connectivity index (χ1) is 19.2. The highest BCUT2D eigenvalue weighted by molar-refractivity contribution is 7.99. The van der Waals surface area contributed by atoms with Crippen molar-refractivity contribution in [3.63, 3.8) is 0 Å². The van der Waals surface area contributed by atoms with Gasteiger partial charge in [0, 0.05) is 61.5 Å². The Bertz CT molecular complexity index is 1490. The first-order valence-corrected chi connectivity index (χ1v) is 15.2. The summed E-state index contributed by atoms with van der Waals surface area (Å²) in [5, 5.41) is 3.17. The second-order valence-electron chi connectivity index (χ2n) is 11.0. The van der Waals surface area contributed by atoms with Gasteiger partial charge in [0.05, 0.1) is 22.0 Å². The lowest BCUT2D eigenvalue weighted by atomic mass is 10.2. The van der Waals surface area contributed by atoms with E-state index < -0.39 is 11.7 Å². The number of anilines is 3. The number of alkyl halides is 3. The molecule has 40 heavy (non-hydrogen) atoms. The van der Waals surface area contributed by atoms with E-state index in [9.17, 15) is 18.0 Å². The number of carbonyl (C=O) groups is 1. The molecule has 0 radical (unpaired) electrons. The van der Waals surface area contributed by atoms with Gasteiger partial charge in [0.25, 0.3) is 5.91 Å². The second kappa shape index (κ2) is 9.59. The lowest BCUT2D eigenvalue weighted by molar-refractivity contribution is -0.137. The Morgan fingerprint density at radius 3 is 2.62 bits per heavy atom. The Balaban J connectivity index is 1.22. The third-order valence-corrected chi connectivity index (χ3v) is 10.5. The highest BCUT2D eigenvalue weighted by Gasteiger charge is 2.42. The molecular weight excluding hydrogens is 559 g/mol. The zero-order valence-corrected chi connectivity index (χ0v) is 23.7. The van der Waals surface area contributed by atoms with Crippen molar-refractivity contribution in [1.29, 1.82) is 0 Å². The summed E-state index contributed by atoms with van der Waals surface area (Å²) in [4.78, 5) is 34.0. The van der Waals surface area contributed by atoms with Gasteiger partial charge in [0.2, 0.25) is 5.95 Å². The Morgan fingerprint density at radius 1 is 1.10 bits per heavy atom. The number of nitrogens with zero attached hydrogens (tertiary/aromatic N) is 6. The number of fused-ring (bicyclic) bond motifs is 3. The molecule has 0 spiro atoms. The van der Waals surface area contributed by atoms with E-state index >= 15 is 0 Å². The molecule has 3 aromatic heterocycles. The first-order valence-electron chi connectivity index (χ1n) is 13.4. The number of piperazine rings is 1. The molecule has 4 aliphatic rings. The number of thioether (sulfide) groups is 1. The molecule has 6 heterocycles. The van der Waals surface area contributed by atoms with E-state index in [1.54, 1.807) is 18.0 Å². The number of carbonyl (C=O) groups excluding carboxylic acids is 1. The van der Waals surface area contributed by atoms with E-state index in [2.05, 4.69) is 32.1 Å². The van der Waals surface area contributed by atoms with Crippen LogP contribution in [-0.2, 0) is 6.18 Å². The summed E-state index contributed by atoms with van der Waals surface area (Å²) in [5.74, 6) is 1.83. The highest BCUT2D eigenvalue weighted by Crippen LogP contribution is 2.46. The number of rotatable bonds is 5. The van der Waals surface area contributed by atoms with E-state index in [0.29, 0.717) is 50.6 Å². The van der Waals surface area contributed by atoms with Gasteiger partial charge in [-0.25, -0.2) is 15.0 Å². The summed E-state index contributed by atoms with van der Waals surface area (Å²) < 4.78 is 42.1. The molecular formula is C27H28F3N7OS2. The van der Waals surface area contributed by atoms with Crippen molar-refractivity contribution in [2.75, 3.05) is 49.7 Å². The standard InChI is InChI=1S/C27H28F3N7OS2/c1-35-7-8-39-20-10-19(40-24(20)25(35)38)23-17(27(28,29)30)11-31-26(34-23)32-18-5-6-21(33-22(18)14-3-4-14)37-13-15-9-16(37)12-36(15)2/h5-6,10-11,14-16H,3-4,7-9,12-13H2,1-2H3,(H,31,32,34)/t15-,16-/m1/s1. The summed E-state index contributed by atoms with van der Waals surface area (Å²) in [6, 6.07) is 6.59. The monoisotopic (exact) mass is 587 g/mol. The number of halogens is 3. The summed E-state index contributed by atoms with van der Waals surface area (Å²) in [6.45, 7) is 2.57. The molecule has 1 N–H and O–H groups in total. The van der Waals surface area contributed by atoms with Crippen LogP contribution in [0.1, 0.15) is 46.1 Å². The van der Waals surface area contributed by atoms with Crippen LogP contribution in [0.25, 0.3) is 10.6 Å². The molecule has 1 saturated carbocycles. The first kappa shape index (κ1) is 26.0. The third kappa shape index (κ3) is 4.61. The molecule has 2 atom stereocenters. The summed E-state index contributed by atoms with van der Waals surface area (Å²) >= 11 is 2.52. The average molecular weight is 588 g/mol. The van der Waals surface area contributed by atoms with Crippen LogP contribution in [0, 0.1) is 0 Å². The van der Waals surface area contributed by atoms with E-state index in [4.69, 9.17) is 4.98 Å². The van der Waals surface area contributed by atoms with Crippen molar-refractivity contribution in [2.45, 2.75) is 48.3 Å². The minimum Gasteiger partial charge on any atom is -0.351 e. The number of amides is 1. The number of likely N-dealkylation sites (tertiary alicyclic amines) is 1. The maximum Gasteiger partial charge on any atom is 0.420 e. The molecule has 1 aliphatic carbocycles. The van der Waals surface area contributed by atoms with Crippen LogP contribution < -0.4 is 10.2 Å². The van der Waals surface area contributed by atoms with Gasteiger partial charge in [-0.3, -0.25) is 9.69 Å². The van der Waals surface area contributed by atoms with Crippen LogP contribution in [0.15, 0.2) is 29.3 Å². The molecule has 0 aromatic carbocycles. The van der Waals surface area contributed by atoms with Gasteiger partial charge in [-0.1, -0.05) is 0 Å². The predicted octanol–water partition coefficient (Wildman–Crippen LogP) is 5.31. The molecule has 210 valence electrons. The Kier molecular flexibility index (Phi) is 6.24. The number of pyridine rings is 1. The minimum atomic E-state index is -4.64. The van der Waals surface area contributed by atoms with Crippen LogP contribution >= 0.6 is 23.1 Å². The lowest BCUT2D eigenvalue weighted by Crippen LogP contribution is -2.44. The van der Waals surface area contributed by atoms with Crippen molar-refractivity contribution >= 4 is 46.5 Å². The number of nitrogens with one attached hydrogen (secondary N) is 1. The normalized spacial score (nSPS) is 23.1. The Hall–Kier alpha value is -2.90. The number of hydrogen-bond donors (Lipinski definition) is 1. The van der Waals surface area contributed by atoms with Gasteiger partial charge in [-0.05, 0) is 44.5 Å². The van der Waals surface area contributed by atoms with Gasteiger partial charge in [0.15, 0.2) is 0 Å². The third-order valence-electron chi connectivity index (χ3n) is 8.18.